The molecule has 1 saturated heterocycles. The van der Waals surface area contributed by atoms with E-state index in [9.17, 15) is 0 Å². The summed E-state index contributed by atoms with van der Waals surface area (Å²) >= 11 is 6.04. The monoisotopic (exact) mass is 299 g/mol. The third-order valence-electron chi connectivity index (χ3n) is 4.79. The zero-order chi connectivity index (χ0) is 14.7. The summed E-state index contributed by atoms with van der Waals surface area (Å²) in [5.74, 6) is 0.531. The van der Waals surface area contributed by atoms with Crippen LogP contribution in [0.2, 0.25) is 5.02 Å². The molecule has 21 heavy (non-hydrogen) atoms. The lowest BCUT2D eigenvalue weighted by molar-refractivity contribution is 0.187. The Bertz CT molecular complexity index is 578. The van der Waals surface area contributed by atoms with Crippen molar-refractivity contribution in [1.29, 1.82) is 0 Å². The average molecular weight is 300 g/mol. The van der Waals surface area contributed by atoms with Crippen molar-refractivity contribution >= 4 is 11.6 Å². The molecule has 0 amide bonds. The fraction of sp³-hybridized carbons (Fsp3) is 0.368. The van der Waals surface area contributed by atoms with Crippen LogP contribution in [0.3, 0.4) is 0 Å². The van der Waals surface area contributed by atoms with Gasteiger partial charge in [-0.05, 0) is 48.1 Å². The Balaban J connectivity index is 1.88. The molecule has 0 spiro atoms. The number of rotatable bonds is 3. The summed E-state index contributed by atoms with van der Waals surface area (Å²) in [6.45, 7) is 4.58. The summed E-state index contributed by atoms with van der Waals surface area (Å²) in [6.07, 6.45) is 2.33. The van der Waals surface area contributed by atoms with Crippen LogP contribution in [0.4, 0.5) is 0 Å². The van der Waals surface area contributed by atoms with E-state index in [2.05, 4.69) is 54.7 Å². The lowest BCUT2D eigenvalue weighted by Gasteiger charge is -2.42. The molecular weight excluding hydrogens is 278 g/mol. The van der Waals surface area contributed by atoms with Gasteiger partial charge in [0.2, 0.25) is 0 Å². The van der Waals surface area contributed by atoms with Crippen molar-refractivity contribution < 1.29 is 0 Å². The van der Waals surface area contributed by atoms with Gasteiger partial charge in [-0.15, -0.1) is 0 Å². The van der Waals surface area contributed by atoms with Crippen LogP contribution < -0.4 is 5.32 Å². The van der Waals surface area contributed by atoms with Crippen molar-refractivity contribution in [2.45, 2.75) is 25.7 Å². The molecule has 0 radical (unpaired) electrons. The quantitative estimate of drug-likeness (QED) is 0.869. The van der Waals surface area contributed by atoms with Gasteiger partial charge in [-0.25, -0.2) is 0 Å². The van der Waals surface area contributed by atoms with E-state index < -0.39 is 0 Å². The molecule has 1 aliphatic heterocycles. The van der Waals surface area contributed by atoms with Crippen LogP contribution in [0.5, 0.6) is 0 Å². The highest BCUT2D eigenvalue weighted by molar-refractivity contribution is 6.30. The molecule has 1 N–H and O–H groups in total. The Morgan fingerprint density at radius 2 is 1.81 bits per heavy atom. The summed E-state index contributed by atoms with van der Waals surface area (Å²) in [5.41, 5.74) is 3.12. The standard InChI is InChI=1S/C19H22ClN/c1-19(13-15-5-3-2-4-6-15)11-12-21-14-18(19)16-7-9-17(20)10-8-16/h2-10,18,21H,11-14H2,1H3. The molecule has 0 saturated carbocycles. The van der Waals surface area contributed by atoms with Crippen molar-refractivity contribution in [3.8, 4) is 0 Å². The number of nitrogens with one attached hydrogen (secondary N) is 1. The van der Waals surface area contributed by atoms with E-state index >= 15 is 0 Å². The minimum absolute atomic E-state index is 0.292. The third kappa shape index (κ3) is 3.30. The van der Waals surface area contributed by atoms with Crippen LogP contribution in [0.25, 0.3) is 0 Å². The Labute approximate surface area is 132 Å². The zero-order valence-electron chi connectivity index (χ0n) is 12.5. The number of piperidine rings is 1. The fourth-order valence-corrected chi connectivity index (χ4v) is 3.66. The van der Waals surface area contributed by atoms with Gasteiger partial charge >= 0.3 is 0 Å². The molecule has 0 aromatic heterocycles. The Kier molecular flexibility index (Phi) is 4.32. The maximum atomic E-state index is 6.04. The van der Waals surface area contributed by atoms with E-state index in [1.807, 2.05) is 12.1 Å². The Hall–Kier alpha value is -1.31. The average Bonchev–Trinajstić information content (AvgIpc) is 2.49. The predicted octanol–water partition coefficient (Wildman–Crippen LogP) is 4.67. The molecule has 110 valence electrons. The molecule has 2 aromatic rings. The summed E-state index contributed by atoms with van der Waals surface area (Å²) in [4.78, 5) is 0. The van der Waals surface area contributed by atoms with Gasteiger partial charge in [0.25, 0.3) is 0 Å². The van der Waals surface area contributed by atoms with Crippen LogP contribution >= 0.6 is 11.6 Å². The SMILES string of the molecule is CC1(Cc2ccccc2)CCNCC1c1ccc(Cl)cc1. The van der Waals surface area contributed by atoms with E-state index in [-0.39, 0.29) is 0 Å². The van der Waals surface area contributed by atoms with Gasteiger partial charge in [-0.1, -0.05) is 61.0 Å². The smallest absolute Gasteiger partial charge is 0.0406 e. The second-order valence-corrected chi connectivity index (χ2v) is 6.81. The molecular formula is C19H22ClN. The predicted molar refractivity (Wildman–Crippen MR) is 89.9 cm³/mol. The van der Waals surface area contributed by atoms with E-state index in [1.54, 1.807) is 0 Å². The molecule has 1 fully saturated rings. The Morgan fingerprint density at radius 1 is 1.10 bits per heavy atom. The second kappa shape index (κ2) is 6.21. The topological polar surface area (TPSA) is 12.0 Å². The van der Waals surface area contributed by atoms with Gasteiger partial charge < -0.3 is 5.32 Å². The van der Waals surface area contributed by atoms with Crippen molar-refractivity contribution in [2.75, 3.05) is 13.1 Å². The van der Waals surface area contributed by atoms with E-state index in [1.165, 1.54) is 17.5 Å². The number of hydrogen-bond acceptors (Lipinski definition) is 1. The van der Waals surface area contributed by atoms with Crippen molar-refractivity contribution in [1.82, 2.24) is 5.32 Å². The molecule has 1 nitrogen and oxygen atoms in total. The lowest BCUT2D eigenvalue weighted by Crippen LogP contribution is -2.43. The summed E-state index contributed by atoms with van der Waals surface area (Å²) in [6, 6.07) is 19.2. The maximum Gasteiger partial charge on any atom is 0.0406 e. The largest absolute Gasteiger partial charge is 0.316 e. The van der Waals surface area contributed by atoms with Gasteiger partial charge in [0.15, 0.2) is 0 Å². The minimum Gasteiger partial charge on any atom is -0.316 e. The highest BCUT2D eigenvalue weighted by atomic mass is 35.5. The molecule has 2 aromatic carbocycles. The molecule has 2 unspecified atom stereocenters. The first kappa shape index (κ1) is 14.6. The highest BCUT2D eigenvalue weighted by Gasteiger charge is 2.37. The number of hydrogen-bond donors (Lipinski definition) is 1. The van der Waals surface area contributed by atoms with Crippen LogP contribution in [0, 0.1) is 5.41 Å². The molecule has 2 heteroatoms. The number of halogens is 1. The summed E-state index contributed by atoms with van der Waals surface area (Å²) < 4.78 is 0. The van der Waals surface area contributed by atoms with Crippen LogP contribution in [0.1, 0.15) is 30.4 Å². The fourth-order valence-electron chi connectivity index (χ4n) is 3.53. The first-order chi connectivity index (χ1) is 10.2. The van der Waals surface area contributed by atoms with Crippen LogP contribution in [-0.2, 0) is 6.42 Å². The summed E-state index contributed by atoms with van der Waals surface area (Å²) in [7, 11) is 0. The van der Waals surface area contributed by atoms with Crippen molar-refractivity contribution in [3.05, 3.63) is 70.7 Å². The molecule has 2 atom stereocenters. The van der Waals surface area contributed by atoms with Crippen molar-refractivity contribution in [2.24, 2.45) is 5.41 Å². The van der Waals surface area contributed by atoms with Gasteiger partial charge in [0.05, 0.1) is 0 Å². The van der Waals surface area contributed by atoms with Gasteiger partial charge in [-0.3, -0.25) is 0 Å². The van der Waals surface area contributed by atoms with Crippen LogP contribution in [0.15, 0.2) is 54.6 Å². The molecule has 1 aliphatic rings. The first-order valence-electron chi connectivity index (χ1n) is 7.67. The van der Waals surface area contributed by atoms with Crippen molar-refractivity contribution in [3.63, 3.8) is 0 Å². The lowest BCUT2D eigenvalue weighted by atomic mass is 9.66. The third-order valence-corrected chi connectivity index (χ3v) is 5.04. The maximum absolute atomic E-state index is 6.04. The Morgan fingerprint density at radius 3 is 2.52 bits per heavy atom. The minimum atomic E-state index is 0.292. The molecule has 3 rings (SSSR count). The van der Waals surface area contributed by atoms with E-state index in [0.29, 0.717) is 11.3 Å². The van der Waals surface area contributed by atoms with Gasteiger partial charge in [0, 0.05) is 17.5 Å². The summed E-state index contributed by atoms with van der Waals surface area (Å²) in [5, 5.41) is 4.37. The molecule has 0 bridgehead atoms. The number of benzene rings is 2. The normalized spacial score (nSPS) is 25.7. The molecule has 1 heterocycles. The van der Waals surface area contributed by atoms with Gasteiger partial charge in [-0.2, -0.15) is 0 Å². The van der Waals surface area contributed by atoms with E-state index in [0.717, 1.165) is 24.5 Å². The van der Waals surface area contributed by atoms with Gasteiger partial charge in [0.1, 0.15) is 0 Å². The molecule has 0 aliphatic carbocycles. The first-order valence-corrected chi connectivity index (χ1v) is 8.05. The highest BCUT2D eigenvalue weighted by Crippen LogP contribution is 2.43. The second-order valence-electron chi connectivity index (χ2n) is 6.37. The zero-order valence-corrected chi connectivity index (χ0v) is 13.2. The van der Waals surface area contributed by atoms with E-state index in [4.69, 9.17) is 11.6 Å². The van der Waals surface area contributed by atoms with Crippen LogP contribution in [-0.4, -0.2) is 13.1 Å².